The number of anilines is 3. The second-order valence-corrected chi connectivity index (χ2v) is 9.60. The van der Waals surface area contributed by atoms with Crippen LogP contribution in [0.2, 0.25) is 0 Å². The number of halogens is 6. The number of aryl methyl sites for hydroxylation is 1. The molecule has 3 aromatic heterocycles. The van der Waals surface area contributed by atoms with E-state index >= 15 is 0 Å². The topological polar surface area (TPSA) is 154 Å². The highest BCUT2D eigenvalue weighted by atomic mass is 19.4. The standard InChI is InChI=1S/C25H25N7O.2C2HF3O2/c1-30-18-19(20-16-27-25(28-17-20)29-21-5-3-2-4-6-21)15-23(30)24(33)32-13-11-31(12-14-32)22-7-9-26-10-8-22;2*3-2(4,5)1(6)7/h2-10,15-18H,11-14H2,1H3,(H,27,28,29);2*(H,6,7). The number of hydrogen-bond acceptors (Lipinski definition) is 8. The number of rotatable bonds is 5. The summed E-state index contributed by atoms with van der Waals surface area (Å²) in [7, 11) is 1.90. The second-order valence-electron chi connectivity index (χ2n) is 9.60. The molecule has 1 fully saturated rings. The number of carbonyl (C=O) groups is 3. The van der Waals surface area contributed by atoms with Gasteiger partial charge in [0.15, 0.2) is 0 Å². The number of aliphatic carboxylic acids is 2. The number of benzene rings is 1. The van der Waals surface area contributed by atoms with Crippen LogP contribution in [0.5, 0.6) is 0 Å². The number of carboxylic acids is 2. The molecule has 1 aliphatic heterocycles. The highest BCUT2D eigenvalue weighted by Crippen LogP contribution is 2.24. The third-order valence-corrected chi connectivity index (χ3v) is 6.32. The van der Waals surface area contributed by atoms with Crippen molar-refractivity contribution in [1.82, 2.24) is 24.4 Å². The molecule has 0 atom stereocenters. The first kappa shape index (κ1) is 35.8. The Kier molecular flexibility index (Phi) is 11.8. The van der Waals surface area contributed by atoms with Crippen LogP contribution in [-0.4, -0.2) is 91.0 Å². The van der Waals surface area contributed by atoms with E-state index in [1.165, 1.54) is 0 Å². The van der Waals surface area contributed by atoms with Crippen molar-refractivity contribution in [2.45, 2.75) is 12.4 Å². The Balaban J connectivity index is 0.000000360. The lowest BCUT2D eigenvalue weighted by molar-refractivity contribution is -0.193. The van der Waals surface area contributed by atoms with Crippen molar-refractivity contribution < 1.29 is 50.9 Å². The maximum absolute atomic E-state index is 13.2. The largest absolute Gasteiger partial charge is 0.490 e. The molecule has 3 N–H and O–H groups in total. The van der Waals surface area contributed by atoms with E-state index < -0.39 is 24.3 Å². The third-order valence-electron chi connectivity index (χ3n) is 6.32. The van der Waals surface area contributed by atoms with Crippen LogP contribution in [0, 0.1) is 0 Å². The summed E-state index contributed by atoms with van der Waals surface area (Å²) >= 11 is 0. The summed E-state index contributed by atoms with van der Waals surface area (Å²) in [4.78, 5) is 48.1. The zero-order chi connectivity index (χ0) is 34.8. The van der Waals surface area contributed by atoms with Gasteiger partial charge in [0.2, 0.25) is 5.95 Å². The lowest BCUT2D eigenvalue weighted by atomic mass is 10.2. The molecule has 18 heteroatoms. The van der Waals surface area contributed by atoms with Gasteiger partial charge in [-0.3, -0.25) is 9.78 Å². The summed E-state index contributed by atoms with van der Waals surface area (Å²) in [6.07, 6.45) is -1.08. The summed E-state index contributed by atoms with van der Waals surface area (Å²) < 4.78 is 65.4. The fourth-order valence-electron chi connectivity index (χ4n) is 4.01. The Morgan fingerprint density at radius 2 is 1.30 bits per heavy atom. The van der Waals surface area contributed by atoms with E-state index in [4.69, 9.17) is 19.8 Å². The van der Waals surface area contributed by atoms with Gasteiger partial charge in [0.05, 0.1) is 0 Å². The summed E-state index contributed by atoms with van der Waals surface area (Å²) in [5.41, 5.74) is 4.52. The number of nitrogens with zero attached hydrogens (tertiary/aromatic N) is 6. The number of carbonyl (C=O) groups excluding carboxylic acids is 1. The van der Waals surface area contributed by atoms with Crippen molar-refractivity contribution in [2.24, 2.45) is 7.05 Å². The van der Waals surface area contributed by atoms with E-state index in [0.29, 0.717) is 24.7 Å². The fraction of sp³-hybridized carbons (Fsp3) is 0.241. The van der Waals surface area contributed by atoms with E-state index in [2.05, 4.69) is 25.2 Å². The molecule has 1 saturated heterocycles. The summed E-state index contributed by atoms with van der Waals surface area (Å²) in [5, 5.41) is 17.4. The van der Waals surface area contributed by atoms with Gasteiger partial charge in [0.25, 0.3) is 5.91 Å². The van der Waals surface area contributed by atoms with Gasteiger partial charge in [-0.25, -0.2) is 19.6 Å². The van der Waals surface area contributed by atoms with Gasteiger partial charge in [-0.15, -0.1) is 0 Å². The predicted molar refractivity (Wildman–Crippen MR) is 156 cm³/mol. The van der Waals surface area contributed by atoms with Gasteiger partial charge in [-0.2, -0.15) is 26.3 Å². The fourth-order valence-corrected chi connectivity index (χ4v) is 4.01. The number of nitrogens with one attached hydrogen (secondary N) is 1. The van der Waals surface area contributed by atoms with E-state index in [-0.39, 0.29) is 5.91 Å². The quantitative estimate of drug-likeness (QED) is 0.252. The molecule has 12 nitrogen and oxygen atoms in total. The molecule has 4 heterocycles. The highest BCUT2D eigenvalue weighted by molar-refractivity contribution is 5.94. The van der Waals surface area contributed by atoms with E-state index in [1.54, 1.807) is 24.8 Å². The predicted octanol–water partition coefficient (Wildman–Crippen LogP) is 4.85. The van der Waals surface area contributed by atoms with Crippen LogP contribution >= 0.6 is 0 Å². The van der Waals surface area contributed by atoms with Gasteiger partial charge in [0.1, 0.15) is 5.69 Å². The molecule has 0 unspecified atom stereocenters. The molecular formula is C29H27F6N7O5. The number of para-hydroxylation sites is 1. The summed E-state index contributed by atoms with van der Waals surface area (Å²) in [6.45, 7) is 2.97. The Hall–Kier alpha value is -5.68. The van der Waals surface area contributed by atoms with Crippen LogP contribution in [0.3, 0.4) is 0 Å². The van der Waals surface area contributed by atoms with Crippen LogP contribution in [0.25, 0.3) is 11.1 Å². The zero-order valence-electron chi connectivity index (χ0n) is 24.4. The molecule has 0 radical (unpaired) electrons. The Labute approximate surface area is 262 Å². The summed E-state index contributed by atoms with van der Waals surface area (Å²) in [5.74, 6) is -4.94. The molecule has 1 aromatic carbocycles. The molecule has 250 valence electrons. The third kappa shape index (κ3) is 10.7. The Morgan fingerprint density at radius 1 is 0.787 bits per heavy atom. The summed E-state index contributed by atoms with van der Waals surface area (Å²) in [6, 6.07) is 15.7. The number of pyridine rings is 1. The Morgan fingerprint density at radius 3 is 1.79 bits per heavy atom. The van der Waals surface area contributed by atoms with Gasteiger partial charge in [-0.1, -0.05) is 18.2 Å². The first-order chi connectivity index (χ1) is 22.1. The lowest BCUT2D eigenvalue weighted by Gasteiger charge is -2.36. The number of carboxylic acid groups (broad SMARTS) is 2. The monoisotopic (exact) mass is 667 g/mol. The van der Waals surface area contributed by atoms with E-state index in [1.807, 2.05) is 71.2 Å². The molecule has 47 heavy (non-hydrogen) atoms. The number of hydrogen-bond donors (Lipinski definition) is 3. The van der Waals surface area contributed by atoms with Crippen molar-refractivity contribution in [2.75, 3.05) is 36.4 Å². The maximum atomic E-state index is 13.2. The molecule has 0 saturated carbocycles. The molecule has 0 bridgehead atoms. The van der Waals surface area contributed by atoms with Gasteiger partial charge >= 0.3 is 24.3 Å². The molecule has 4 aromatic rings. The maximum Gasteiger partial charge on any atom is 0.490 e. The van der Waals surface area contributed by atoms with Crippen LogP contribution in [0.4, 0.5) is 43.7 Å². The van der Waals surface area contributed by atoms with E-state index in [0.717, 1.165) is 35.6 Å². The van der Waals surface area contributed by atoms with Gasteiger partial charge in [-0.05, 0) is 30.3 Å². The van der Waals surface area contributed by atoms with Crippen LogP contribution in [-0.2, 0) is 16.6 Å². The van der Waals surface area contributed by atoms with Crippen molar-refractivity contribution in [3.8, 4) is 11.1 Å². The van der Waals surface area contributed by atoms with Gasteiger partial charge < -0.3 is 29.9 Å². The number of alkyl halides is 6. The van der Waals surface area contributed by atoms with Crippen molar-refractivity contribution in [3.05, 3.63) is 85.2 Å². The van der Waals surface area contributed by atoms with E-state index in [9.17, 15) is 31.1 Å². The molecule has 0 spiro atoms. The number of amides is 1. The number of piperazine rings is 1. The molecule has 1 aliphatic rings. The second kappa shape index (κ2) is 15.5. The lowest BCUT2D eigenvalue weighted by Crippen LogP contribution is -2.49. The van der Waals surface area contributed by atoms with Gasteiger partial charge in [0, 0.05) is 86.7 Å². The molecule has 0 aliphatic carbocycles. The molecular weight excluding hydrogens is 640 g/mol. The van der Waals surface area contributed by atoms with Crippen molar-refractivity contribution in [1.29, 1.82) is 0 Å². The van der Waals surface area contributed by atoms with Crippen molar-refractivity contribution >= 4 is 35.2 Å². The van der Waals surface area contributed by atoms with Crippen molar-refractivity contribution in [3.63, 3.8) is 0 Å². The first-order valence-corrected chi connectivity index (χ1v) is 13.4. The first-order valence-electron chi connectivity index (χ1n) is 13.4. The molecule has 1 amide bonds. The minimum atomic E-state index is -5.08. The smallest absolute Gasteiger partial charge is 0.475 e. The molecule has 5 rings (SSSR count). The normalized spacial score (nSPS) is 13.0. The highest BCUT2D eigenvalue weighted by Gasteiger charge is 2.38. The minimum Gasteiger partial charge on any atom is -0.475 e. The average molecular weight is 668 g/mol. The number of aromatic nitrogens is 4. The zero-order valence-corrected chi connectivity index (χ0v) is 24.4. The van der Waals surface area contributed by atoms with Crippen LogP contribution in [0.15, 0.2) is 79.5 Å². The Bertz CT molecular complexity index is 1600. The van der Waals surface area contributed by atoms with Crippen LogP contribution < -0.4 is 10.2 Å². The van der Waals surface area contributed by atoms with Crippen LogP contribution in [0.1, 0.15) is 10.5 Å². The minimum absolute atomic E-state index is 0.0430. The SMILES string of the molecule is Cn1cc(-c2cnc(Nc3ccccc3)nc2)cc1C(=O)N1CCN(c2ccncc2)CC1.O=C(O)C(F)(F)F.O=C(O)C(F)(F)F. The average Bonchev–Trinajstić information content (AvgIpc) is 3.43.